The number of aromatic nitrogens is 1. The van der Waals surface area contributed by atoms with E-state index in [9.17, 15) is 9.18 Å². The number of methoxy groups -OCH3 is 1. The molecular weight excluding hydrogens is 363 g/mol. The minimum Gasteiger partial charge on any atom is -0.497 e. The summed E-state index contributed by atoms with van der Waals surface area (Å²) in [5.41, 5.74) is 3.14. The van der Waals surface area contributed by atoms with Gasteiger partial charge in [0.15, 0.2) is 0 Å². The van der Waals surface area contributed by atoms with Gasteiger partial charge in [0.05, 0.1) is 17.3 Å². The molecule has 0 atom stereocenters. The Morgan fingerprint density at radius 1 is 1.15 bits per heavy atom. The molecule has 4 aromatic rings. The van der Waals surface area contributed by atoms with Crippen LogP contribution in [0.3, 0.4) is 0 Å². The maximum atomic E-state index is 13.2. The number of hydrogen-bond donors (Lipinski definition) is 1. The standard InChI is InChI=1S/C21H17FN2O2S/c1-26-17-4-2-3-16(11-17)23-21(25)19-12-20-18(9-10-27-20)24(19)13-14-5-7-15(22)8-6-14/h2-12H,13H2,1H3,(H,23,25). The fraction of sp³-hybridized carbons (Fsp3) is 0.0952. The minimum atomic E-state index is -0.275. The summed E-state index contributed by atoms with van der Waals surface area (Å²) < 4.78 is 21.4. The Balaban J connectivity index is 1.67. The number of amides is 1. The molecule has 0 bridgehead atoms. The fourth-order valence-electron chi connectivity index (χ4n) is 3.00. The monoisotopic (exact) mass is 380 g/mol. The van der Waals surface area contributed by atoms with Gasteiger partial charge in [-0.2, -0.15) is 0 Å². The third kappa shape index (κ3) is 3.57. The SMILES string of the molecule is COc1cccc(NC(=O)c2cc3sccc3n2Cc2ccc(F)cc2)c1. The average molecular weight is 380 g/mol. The second-order valence-corrected chi connectivity index (χ2v) is 7.05. The highest BCUT2D eigenvalue weighted by Crippen LogP contribution is 2.27. The lowest BCUT2D eigenvalue weighted by Crippen LogP contribution is -2.17. The zero-order valence-electron chi connectivity index (χ0n) is 14.6. The number of anilines is 1. The Kier molecular flexibility index (Phi) is 4.64. The summed E-state index contributed by atoms with van der Waals surface area (Å²) in [5, 5.41) is 4.92. The van der Waals surface area contributed by atoms with Crippen molar-refractivity contribution in [2.24, 2.45) is 0 Å². The third-order valence-electron chi connectivity index (χ3n) is 4.34. The van der Waals surface area contributed by atoms with Gasteiger partial charge in [-0.05, 0) is 47.3 Å². The van der Waals surface area contributed by atoms with Crippen LogP contribution in [0.25, 0.3) is 10.2 Å². The van der Waals surface area contributed by atoms with Crippen LogP contribution >= 0.6 is 11.3 Å². The number of ether oxygens (including phenoxy) is 1. The number of nitrogens with one attached hydrogen (secondary N) is 1. The number of halogens is 1. The first-order valence-corrected chi connectivity index (χ1v) is 9.28. The quantitative estimate of drug-likeness (QED) is 0.520. The van der Waals surface area contributed by atoms with Gasteiger partial charge >= 0.3 is 0 Å². The first-order chi connectivity index (χ1) is 13.1. The Bertz CT molecular complexity index is 1100. The van der Waals surface area contributed by atoms with Crippen LogP contribution in [0, 0.1) is 5.82 Å². The number of nitrogens with zero attached hydrogens (tertiary/aromatic N) is 1. The topological polar surface area (TPSA) is 43.3 Å². The molecule has 4 nitrogen and oxygen atoms in total. The molecular formula is C21H17FN2O2S. The van der Waals surface area contributed by atoms with E-state index in [0.29, 0.717) is 23.7 Å². The number of carbonyl (C=O) groups excluding carboxylic acids is 1. The van der Waals surface area contributed by atoms with Gasteiger partial charge < -0.3 is 14.6 Å². The highest BCUT2D eigenvalue weighted by Gasteiger charge is 2.17. The van der Waals surface area contributed by atoms with Gasteiger partial charge in [-0.25, -0.2) is 4.39 Å². The van der Waals surface area contributed by atoms with Crippen molar-refractivity contribution in [2.75, 3.05) is 12.4 Å². The maximum absolute atomic E-state index is 13.2. The predicted molar refractivity (Wildman–Crippen MR) is 106 cm³/mol. The van der Waals surface area contributed by atoms with Crippen LogP contribution in [0.5, 0.6) is 5.75 Å². The molecule has 1 amide bonds. The van der Waals surface area contributed by atoms with Gasteiger partial charge in [-0.15, -0.1) is 11.3 Å². The molecule has 0 saturated heterocycles. The molecule has 4 rings (SSSR count). The van der Waals surface area contributed by atoms with Crippen LogP contribution in [0.1, 0.15) is 16.1 Å². The summed E-state index contributed by atoms with van der Waals surface area (Å²) >= 11 is 1.58. The average Bonchev–Trinajstić information content (AvgIpc) is 3.26. The van der Waals surface area contributed by atoms with Crippen molar-refractivity contribution in [1.82, 2.24) is 4.57 Å². The van der Waals surface area contributed by atoms with Crippen molar-refractivity contribution >= 4 is 33.1 Å². The van der Waals surface area contributed by atoms with Crippen LogP contribution in [-0.2, 0) is 6.54 Å². The van der Waals surface area contributed by atoms with E-state index in [-0.39, 0.29) is 11.7 Å². The summed E-state index contributed by atoms with van der Waals surface area (Å²) in [6.45, 7) is 0.487. The minimum absolute atomic E-state index is 0.200. The van der Waals surface area contributed by atoms with E-state index < -0.39 is 0 Å². The van der Waals surface area contributed by atoms with Crippen molar-refractivity contribution in [3.8, 4) is 5.75 Å². The van der Waals surface area contributed by atoms with Crippen LogP contribution in [-0.4, -0.2) is 17.6 Å². The van der Waals surface area contributed by atoms with Gasteiger partial charge in [0.2, 0.25) is 0 Å². The highest BCUT2D eigenvalue weighted by atomic mass is 32.1. The molecule has 27 heavy (non-hydrogen) atoms. The summed E-state index contributed by atoms with van der Waals surface area (Å²) in [7, 11) is 1.59. The molecule has 2 aromatic carbocycles. The molecule has 136 valence electrons. The highest BCUT2D eigenvalue weighted by molar-refractivity contribution is 7.17. The molecule has 1 N–H and O–H groups in total. The van der Waals surface area contributed by atoms with E-state index in [1.165, 1.54) is 12.1 Å². The van der Waals surface area contributed by atoms with E-state index in [1.54, 1.807) is 36.6 Å². The first-order valence-electron chi connectivity index (χ1n) is 8.40. The molecule has 0 aliphatic carbocycles. The lowest BCUT2D eigenvalue weighted by Gasteiger charge is -2.12. The third-order valence-corrected chi connectivity index (χ3v) is 5.19. The number of benzene rings is 2. The molecule has 6 heteroatoms. The van der Waals surface area contributed by atoms with E-state index >= 15 is 0 Å². The molecule has 0 radical (unpaired) electrons. The van der Waals surface area contributed by atoms with E-state index in [4.69, 9.17) is 4.74 Å². The van der Waals surface area contributed by atoms with Crippen LogP contribution < -0.4 is 10.1 Å². The fourth-order valence-corrected chi connectivity index (χ4v) is 3.83. The van der Waals surface area contributed by atoms with Gasteiger partial charge in [0.25, 0.3) is 5.91 Å². The lowest BCUT2D eigenvalue weighted by atomic mass is 10.2. The molecule has 0 aliphatic rings. The number of carbonyl (C=O) groups is 1. The van der Waals surface area contributed by atoms with E-state index in [0.717, 1.165) is 15.8 Å². The number of hydrogen-bond acceptors (Lipinski definition) is 3. The molecule has 2 aromatic heterocycles. The second-order valence-electron chi connectivity index (χ2n) is 6.10. The van der Waals surface area contributed by atoms with Crippen molar-refractivity contribution in [3.63, 3.8) is 0 Å². The largest absolute Gasteiger partial charge is 0.497 e. The Morgan fingerprint density at radius 2 is 1.96 bits per heavy atom. The predicted octanol–water partition coefficient (Wildman–Crippen LogP) is 5.15. The van der Waals surface area contributed by atoms with Crippen molar-refractivity contribution < 1.29 is 13.9 Å². The summed E-state index contributed by atoms with van der Waals surface area (Å²) in [6, 6.07) is 17.4. The Morgan fingerprint density at radius 3 is 2.74 bits per heavy atom. The lowest BCUT2D eigenvalue weighted by molar-refractivity contribution is 0.101. The molecule has 0 fully saturated rings. The molecule has 0 spiro atoms. The van der Waals surface area contributed by atoms with Crippen molar-refractivity contribution in [2.45, 2.75) is 6.54 Å². The molecule has 0 unspecified atom stereocenters. The summed E-state index contributed by atoms with van der Waals surface area (Å²) in [5.74, 6) is 0.201. The number of thiophene rings is 1. The first kappa shape index (κ1) is 17.3. The van der Waals surface area contributed by atoms with Gasteiger partial charge in [-0.1, -0.05) is 18.2 Å². The van der Waals surface area contributed by atoms with E-state index in [1.807, 2.05) is 40.3 Å². The second kappa shape index (κ2) is 7.25. The van der Waals surface area contributed by atoms with Gasteiger partial charge in [0.1, 0.15) is 17.3 Å². The van der Waals surface area contributed by atoms with Gasteiger partial charge in [-0.3, -0.25) is 4.79 Å². The van der Waals surface area contributed by atoms with Crippen molar-refractivity contribution in [3.05, 3.63) is 83.1 Å². The van der Waals surface area contributed by atoms with E-state index in [2.05, 4.69) is 5.32 Å². The zero-order valence-corrected chi connectivity index (χ0v) is 15.4. The van der Waals surface area contributed by atoms with Gasteiger partial charge in [0, 0.05) is 18.3 Å². The smallest absolute Gasteiger partial charge is 0.272 e. The molecule has 0 saturated carbocycles. The molecule has 0 aliphatic heterocycles. The Hall–Kier alpha value is -3.12. The van der Waals surface area contributed by atoms with Crippen LogP contribution in [0.4, 0.5) is 10.1 Å². The maximum Gasteiger partial charge on any atom is 0.272 e. The number of fused-ring (bicyclic) bond motifs is 1. The molecule has 2 heterocycles. The van der Waals surface area contributed by atoms with Crippen LogP contribution in [0.15, 0.2) is 66.0 Å². The van der Waals surface area contributed by atoms with Crippen molar-refractivity contribution in [1.29, 1.82) is 0 Å². The normalized spacial score (nSPS) is 10.9. The zero-order chi connectivity index (χ0) is 18.8. The summed E-state index contributed by atoms with van der Waals surface area (Å²) in [6.07, 6.45) is 0. The summed E-state index contributed by atoms with van der Waals surface area (Å²) in [4.78, 5) is 12.9. The number of rotatable bonds is 5. The van der Waals surface area contributed by atoms with Crippen LogP contribution in [0.2, 0.25) is 0 Å². The Labute approximate surface area is 159 Å².